The van der Waals surface area contributed by atoms with E-state index >= 15 is 0 Å². The summed E-state index contributed by atoms with van der Waals surface area (Å²) in [4.78, 5) is 9.43. The van der Waals surface area contributed by atoms with E-state index in [1.54, 1.807) is 0 Å². The molecular formula is C14H23N3. The van der Waals surface area contributed by atoms with Crippen LogP contribution in [0.3, 0.4) is 0 Å². The number of aryl methyl sites for hydroxylation is 3. The van der Waals surface area contributed by atoms with Crippen molar-refractivity contribution in [2.24, 2.45) is 0 Å². The van der Waals surface area contributed by atoms with Crippen LogP contribution in [0, 0.1) is 6.92 Å². The topological polar surface area (TPSA) is 37.8 Å². The van der Waals surface area contributed by atoms with Gasteiger partial charge in [-0.2, -0.15) is 0 Å². The van der Waals surface area contributed by atoms with Gasteiger partial charge in [-0.25, -0.2) is 9.97 Å². The van der Waals surface area contributed by atoms with E-state index < -0.39 is 0 Å². The number of rotatable bonds is 4. The van der Waals surface area contributed by atoms with Crippen LogP contribution in [-0.4, -0.2) is 23.6 Å². The second-order valence-electron chi connectivity index (χ2n) is 4.92. The fourth-order valence-electron chi connectivity index (χ4n) is 2.56. The van der Waals surface area contributed by atoms with Gasteiger partial charge in [0.15, 0.2) is 0 Å². The first kappa shape index (κ1) is 12.5. The van der Waals surface area contributed by atoms with Gasteiger partial charge in [-0.15, -0.1) is 0 Å². The molecule has 0 saturated carbocycles. The lowest BCUT2D eigenvalue weighted by Gasteiger charge is -2.10. The van der Waals surface area contributed by atoms with Crippen molar-refractivity contribution in [2.45, 2.75) is 51.9 Å². The number of hydrogen-bond donors (Lipinski definition) is 1. The Labute approximate surface area is 104 Å². The highest BCUT2D eigenvalue weighted by molar-refractivity contribution is 5.26. The molecule has 1 aromatic rings. The van der Waals surface area contributed by atoms with E-state index in [-0.39, 0.29) is 0 Å². The third-order valence-corrected chi connectivity index (χ3v) is 3.51. The molecule has 0 fully saturated rings. The van der Waals surface area contributed by atoms with Gasteiger partial charge in [-0.1, -0.05) is 6.42 Å². The minimum Gasteiger partial charge on any atom is -0.320 e. The number of nitrogens with zero attached hydrogens (tertiary/aromatic N) is 2. The van der Waals surface area contributed by atoms with Crippen LogP contribution in [0.15, 0.2) is 0 Å². The molecular weight excluding hydrogens is 210 g/mol. The molecule has 0 unspecified atom stereocenters. The summed E-state index contributed by atoms with van der Waals surface area (Å²) in [6.07, 6.45) is 8.37. The smallest absolute Gasteiger partial charge is 0.128 e. The van der Waals surface area contributed by atoms with Crippen molar-refractivity contribution in [3.63, 3.8) is 0 Å². The van der Waals surface area contributed by atoms with Crippen LogP contribution in [0.1, 0.15) is 48.5 Å². The van der Waals surface area contributed by atoms with E-state index in [0.29, 0.717) is 0 Å². The molecule has 1 N–H and O–H groups in total. The summed E-state index contributed by atoms with van der Waals surface area (Å²) in [6, 6.07) is 0. The second-order valence-corrected chi connectivity index (χ2v) is 4.92. The van der Waals surface area contributed by atoms with Crippen LogP contribution in [0.2, 0.25) is 0 Å². The Morgan fingerprint density at radius 2 is 1.94 bits per heavy atom. The average Bonchev–Trinajstić information content (AvgIpc) is 2.55. The first-order chi connectivity index (χ1) is 8.31. The molecule has 0 radical (unpaired) electrons. The van der Waals surface area contributed by atoms with Crippen LogP contribution < -0.4 is 5.32 Å². The van der Waals surface area contributed by atoms with Gasteiger partial charge in [0.1, 0.15) is 5.82 Å². The molecule has 0 aromatic carbocycles. The molecule has 3 nitrogen and oxygen atoms in total. The summed E-state index contributed by atoms with van der Waals surface area (Å²) in [6.45, 7) is 3.19. The molecule has 1 aromatic heterocycles. The van der Waals surface area contributed by atoms with Crippen molar-refractivity contribution in [3.8, 4) is 0 Å². The lowest BCUT2D eigenvalue weighted by molar-refractivity contribution is 0.690. The maximum atomic E-state index is 4.77. The molecule has 0 saturated heterocycles. The highest BCUT2D eigenvalue weighted by Crippen LogP contribution is 2.21. The summed E-state index contributed by atoms with van der Waals surface area (Å²) in [7, 11) is 1.99. The Morgan fingerprint density at radius 1 is 1.12 bits per heavy atom. The quantitative estimate of drug-likeness (QED) is 0.640. The van der Waals surface area contributed by atoms with E-state index in [2.05, 4.69) is 17.2 Å². The summed E-state index contributed by atoms with van der Waals surface area (Å²) in [5, 5.41) is 3.17. The molecule has 0 atom stereocenters. The van der Waals surface area contributed by atoms with Gasteiger partial charge in [-0.05, 0) is 58.2 Å². The summed E-state index contributed by atoms with van der Waals surface area (Å²) >= 11 is 0. The second kappa shape index (κ2) is 6.10. The number of hydrogen-bond acceptors (Lipinski definition) is 3. The first-order valence-electron chi connectivity index (χ1n) is 6.81. The first-order valence-corrected chi connectivity index (χ1v) is 6.81. The fourth-order valence-corrected chi connectivity index (χ4v) is 2.56. The molecule has 1 aliphatic rings. The Balaban J connectivity index is 2.14. The lowest BCUT2D eigenvalue weighted by Crippen LogP contribution is -2.11. The van der Waals surface area contributed by atoms with Gasteiger partial charge in [0.25, 0.3) is 0 Å². The van der Waals surface area contributed by atoms with Crippen molar-refractivity contribution in [2.75, 3.05) is 13.6 Å². The zero-order valence-electron chi connectivity index (χ0n) is 11.1. The zero-order chi connectivity index (χ0) is 12.1. The Bertz CT molecular complexity index is 374. The molecule has 1 heterocycles. The standard InChI is InChI=1S/C14H23N3/c1-11-12-7-4-3-5-8-13(12)17-14(16-11)9-6-10-15-2/h15H,3-10H2,1-2H3. The normalized spacial score (nSPS) is 15.4. The van der Waals surface area contributed by atoms with E-state index in [4.69, 9.17) is 4.98 Å². The molecule has 0 spiro atoms. The minimum atomic E-state index is 0.995. The third kappa shape index (κ3) is 3.25. The molecule has 0 amide bonds. The van der Waals surface area contributed by atoms with E-state index in [1.165, 1.54) is 42.6 Å². The molecule has 0 bridgehead atoms. The molecule has 2 rings (SSSR count). The zero-order valence-corrected chi connectivity index (χ0v) is 11.1. The SMILES string of the molecule is CNCCCc1nc(C)c2c(n1)CCCCC2. The fraction of sp³-hybridized carbons (Fsp3) is 0.714. The number of aromatic nitrogens is 2. The highest BCUT2D eigenvalue weighted by atomic mass is 14.9. The Morgan fingerprint density at radius 3 is 2.76 bits per heavy atom. The van der Waals surface area contributed by atoms with Crippen LogP contribution >= 0.6 is 0 Å². The minimum absolute atomic E-state index is 0.995. The van der Waals surface area contributed by atoms with Crippen LogP contribution in [0.4, 0.5) is 0 Å². The van der Waals surface area contributed by atoms with Gasteiger partial charge in [0.05, 0.1) is 0 Å². The molecule has 17 heavy (non-hydrogen) atoms. The van der Waals surface area contributed by atoms with Crippen molar-refractivity contribution < 1.29 is 0 Å². The molecule has 94 valence electrons. The van der Waals surface area contributed by atoms with E-state index in [0.717, 1.165) is 31.6 Å². The summed E-state index contributed by atoms with van der Waals surface area (Å²) < 4.78 is 0. The van der Waals surface area contributed by atoms with Crippen molar-refractivity contribution >= 4 is 0 Å². The predicted octanol–water partition coefficient (Wildman–Crippen LogP) is 2.21. The van der Waals surface area contributed by atoms with Crippen LogP contribution in [0.25, 0.3) is 0 Å². The molecule has 3 heteroatoms. The predicted molar refractivity (Wildman–Crippen MR) is 70.3 cm³/mol. The van der Waals surface area contributed by atoms with Gasteiger partial charge in [-0.3, -0.25) is 0 Å². The van der Waals surface area contributed by atoms with Crippen molar-refractivity contribution in [1.29, 1.82) is 0 Å². The van der Waals surface area contributed by atoms with Gasteiger partial charge >= 0.3 is 0 Å². The Hall–Kier alpha value is -0.960. The van der Waals surface area contributed by atoms with Crippen molar-refractivity contribution in [1.82, 2.24) is 15.3 Å². The maximum Gasteiger partial charge on any atom is 0.128 e. The van der Waals surface area contributed by atoms with E-state index in [1.807, 2.05) is 7.05 Å². The van der Waals surface area contributed by atoms with Crippen LogP contribution in [0.5, 0.6) is 0 Å². The summed E-state index contributed by atoms with van der Waals surface area (Å²) in [5.74, 6) is 1.04. The monoisotopic (exact) mass is 233 g/mol. The number of nitrogens with one attached hydrogen (secondary N) is 1. The van der Waals surface area contributed by atoms with Gasteiger partial charge in [0.2, 0.25) is 0 Å². The van der Waals surface area contributed by atoms with Gasteiger partial charge < -0.3 is 5.32 Å². The van der Waals surface area contributed by atoms with Crippen LogP contribution in [-0.2, 0) is 19.3 Å². The van der Waals surface area contributed by atoms with E-state index in [9.17, 15) is 0 Å². The highest BCUT2D eigenvalue weighted by Gasteiger charge is 2.13. The Kier molecular flexibility index (Phi) is 4.49. The number of fused-ring (bicyclic) bond motifs is 1. The molecule has 1 aliphatic carbocycles. The largest absolute Gasteiger partial charge is 0.320 e. The van der Waals surface area contributed by atoms with Gasteiger partial charge in [0, 0.05) is 17.8 Å². The maximum absolute atomic E-state index is 4.77. The summed E-state index contributed by atoms with van der Waals surface area (Å²) in [5.41, 5.74) is 3.98. The lowest BCUT2D eigenvalue weighted by atomic mass is 10.1. The molecule has 0 aliphatic heterocycles. The third-order valence-electron chi connectivity index (χ3n) is 3.51. The van der Waals surface area contributed by atoms with Crippen molar-refractivity contribution in [3.05, 3.63) is 22.8 Å². The average molecular weight is 233 g/mol.